The standard InChI is InChI=1S/C18H19N5O2/c1-10(2)14(16(19)24)23-18(25)12-4-3-5-13-15(12)22-17(21-13)11-6-8-20-9-7-11/h3-10,14H,1-2H3,(H2,19,24)(H,21,22)(H,23,25)/t14-/m0/s1. The van der Waals surface area contributed by atoms with Crippen molar-refractivity contribution < 1.29 is 9.59 Å². The predicted molar refractivity (Wildman–Crippen MR) is 94.6 cm³/mol. The summed E-state index contributed by atoms with van der Waals surface area (Å²) in [6, 6.07) is 8.21. The number of hydrogen-bond acceptors (Lipinski definition) is 4. The zero-order valence-electron chi connectivity index (χ0n) is 14.0. The van der Waals surface area contributed by atoms with Crippen molar-refractivity contribution in [3.63, 3.8) is 0 Å². The maximum atomic E-state index is 12.6. The fraction of sp³-hybridized carbons (Fsp3) is 0.222. The van der Waals surface area contributed by atoms with Crippen LogP contribution in [-0.4, -0.2) is 32.8 Å². The lowest BCUT2D eigenvalue weighted by atomic mass is 10.0. The van der Waals surface area contributed by atoms with Crippen LogP contribution in [0, 0.1) is 5.92 Å². The lowest BCUT2D eigenvalue weighted by Crippen LogP contribution is -2.47. The SMILES string of the molecule is CC(C)[C@H](NC(=O)c1cccc2[nH]c(-c3ccncc3)nc12)C(N)=O. The number of para-hydroxylation sites is 1. The van der Waals surface area contributed by atoms with E-state index in [0.29, 0.717) is 16.9 Å². The maximum absolute atomic E-state index is 12.6. The number of imidazole rings is 1. The summed E-state index contributed by atoms with van der Waals surface area (Å²) < 4.78 is 0. The Morgan fingerprint density at radius 2 is 1.88 bits per heavy atom. The quantitative estimate of drug-likeness (QED) is 0.659. The predicted octanol–water partition coefficient (Wildman–Crippen LogP) is 1.86. The van der Waals surface area contributed by atoms with Gasteiger partial charge in [-0.25, -0.2) is 4.98 Å². The average molecular weight is 337 g/mol. The number of nitrogens with zero attached hydrogens (tertiary/aromatic N) is 2. The monoisotopic (exact) mass is 337 g/mol. The minimum atomic E-state index is -0.735. The third kappa shape index (κ3) is 3.35. The molecule has 0 saturated carbocycles. The average Bonchev–Trinajstić information content (AvgIpc) is 3.03. The number of nitrogens with two attached hydrogens (primary N) is 1. The molecule has 1 atom stereocenters. The Labute approximate surface area is 144 Å². The van der Waals surface area contributed by atoms with E-state index in [1.54, 1.807) is 24.5 Å². The minimum absolute atomic E-state index is 0.104. The third-order valence-corrected chi connectivity index (χ3v) is 3.97. The Kier molecular flexibility index (Phi) is 4.47. The van der Waals surface area contributed by atoms with Gasteiger partial charge in [-0.15, -0.1) is 0 Å². The number of H-pyrrole nitrogens is 1. The van der Waals surface area contributed by atoms with Crippen LogP contribution in [0.5, 0.6) is 0 Å². The molecule has 2 heterocycles. The molecule has 7 heteroatoms. The second kappa shape index (κ2) is 6.72. The molecule has 0 unspecified atom stereocenters. The van der Waals surface area contributed by atoms with Crippen LogP contribution in [0.4, 0.5) is 0 Å². The zero-order valence-corrected chi connectivity index (χ0v) is 14.0. The molecule has 3 aromatic rings. The van der Waals surface area contributed by atoms with Crippen LogP contribution < -0.4 is 11.1 Å². The number of hydrogen-bond donors (Lipinski definition) is 3. The summed E-state index contributed by atoms with van der Waals surface area (Å²) in [6.07, 6.45) is 3.35. The number of fused-ring (bicyclic) bond motifs is 1. The van der Waals surface area contributed by atoms with E-state index in [0.717, 1.165) is 11.1 Å². The first kappa shape index (κ1) is 16.6. The van der Waals surface area contributed by atoms with E-state index in [-0.39, 0.29) is 11.8 Å². The summed E-state index contributed by atoms with van der Waals surface area (Å²) in [6.45, 7) is 3.65. The molecule has 0 saturated heterocycles. The highest BCUT2D eigenvalue weighted by Crippen LogP contribution is 2.22. The Balaban J connectivity index is 1.98. The zero-order chi connectivity index (χ0) is 18.0. The van der Waals surface area contributed by atoms with E-state index in [9.17, 15) is 9.59 Å². The molecule has 25 heavy (non-hydrogen) atoms. The van der Waals surface area contributed by atoms with Gasteiger partial charge in [0.1, 0.15) is 17.4 Å². The molecule has 0 aliphatic rings. The molecule has 0 aliphatic heterocycles. The molecular formula is C18H19N5O2. The summed E-state index contributed by atoms with van der Waals surface area (Å²) >= 11 is 0. The summed E-state index contributed by atoms with van der Waals surface area (Å²) in [5.74, 6) is -0.397. The van der Waals surface area contributed by atoms with E-state index in [1.807, 2.05) is 32.0 Å². The molecule has 4 N–H and O–H groups in total. The summed E-state index contributed by atoms with van der Waals surface area (Å²) in [5.41, 5.74) is 7.91. The van der Waals surface area contributed by atoms with E-state index in [4.69, 9.17) is 5.73 Å². The van der Waals surface area contributed by atoms with Gasteiger partial charge < -0.3 is 16.0 Å². The fourth-order valence-corrected chi connectivity index (χ4v) is 2.65. The van der Waals surface area contributed by atoms with E-state index in [2.05, 4.69) is 20.3 Å². The first-order valence-electron chi connectivity index (χ1n) is 7.96. The molecular weight excluding hydrogens is 318 g/mol. The van der Waals surface area contributed by atoms with Crippen molar-refractivity contribution in [3.8, 4) is 11.4 Å². The lowest BCUT2D eigenvalue weighted by Gasteiger charge is -2.18. The molecule has 1 aromatic carbocycles. The normalized spacial score (nSPS) is 12.3. The van der Waals surface area contributed by atoms with Crippen molar-refractivity contribution in [1.82, 2.24) is 20.3 Å². The lowest BCUT2D eigenvalue weighted by molar-refractivity contribution is -0.120. The molecule has 0 aliphatic carbocycles. The minimum Gasteiger partial charge on any atom is -0.368 e. The number of benzene rings is 1. The highest BCUT2D eigenvalue weighted by atomic mass is 16.2. The molecule has 3 rings (SSSR count). The topological polar surface area (TPSA) is 114 Å². The van der Waals surface area contributed by atoms with E-state index in [1.165, 1.54) is 0 Å². The van der Waals surface area contributed by atoms with Crippen LogP contribution in [0.2, 0.25) is 0 Å². The third-order valence-electron chi connectivity index (χ3n) is 3.97. The number of carbonyl (C=O) groups is 2. The Hall–Kier alpha value is -3.22. The summed E-state index contributed by atoms with van der Waals surface area (Å²) in [5, 5.41) is 2.70. The van der Waals surface area contributed by atoms with Crippen molar-refractivity contribution >= 4 is 22.8 Å². The van der Waals surface area contributed by atoms with Gasteiger partial charge in [0.05, 0.1) is 11.1 Å². The number of amides is 2. The van der Waals surface area contributed by atoms with Gasteiger partial charge in [-0.1, -0.05) is 19.9 Å². The van der Waals surface area contributed by atoms with Crippen molar-refractivity contribution in [2.24, 2.45) is 11.7 Å². The molecule has 128 valence electrons. The second-order valence-electron chi connectivity index (χ2n) is 6.12. The van der Waals surface area contributed by atoms with Crippen molar-refractivity contribution in [2.45, 2.75) is 19.9 Å². The molecule has 2 amide bonds. The molecule has 2 aromatic heterocycles. The number of aromatic amines is 1. The highest BCUT2D eigenvalue weighted by molar-refractivity contribution is 6.06. The summed E-state index contributed by atoms with van der Waals surface area (Å²) in [4.78, 5) is 35.9. The molecule has 0 fully saturated rings. The molecule has 0 spiro atoms. The van der Waals surface area contributed by atoms with E-state index < -0.39 is 11.9 Å². The number of rotatable bonds is 5. The molecule has 0 radical (unpaired) electrons. The number of carbonyl (C=O) groups excluding carboxylic acids is 2. The van der Waals surface area contributed by atoms with Gasteiger partial charge in [-0.3, -0.25) is 14.6 Å². The van der Waals surface area contributed by atoms with Gasteiger partial charge in [-0.05, 0) is 30.2 Å². The van der Waals surface area contributed by atoms with Crippen LogP contribution in [-0.2, 0) is 4.79 Å². The van der Waals surface area contributed by atoms with E-state index >= 15 is 0 Å². The Bertz CT molecular complexity index is 918. The number of primary amides is 1. The van der Waals surface area contributed by atoms with Crippen molar-refractivity contribution in [3.05, 3.63) is 48.3 Å². The highest BCUT2D eigenvalue weighted by Gasteiger charge is 2.23. The Morgan fingerprint density at radius 3 is 2.52 bits per heavy atom. The van der Waals surface area contributed by atoms with Crippen LogP contribution in [0.25, 0.3) is 22.4 Å². The van der Waals surface area contributed by atoms with Crippen molar-refractivity contribution in [1.29, 1.82) is 0 Å². The van der Waals surface area contributed by atoms with Gasteiger partial charge in [0, 0.05) is 18.0 Å². The van der Waals surface area contributed by atoms with Gasteiger partial charge in [-0.2, -0.15) is 0 Å². The molecule has 7 nitrogen and oxygen atoms in total. The largest absolute Gasteiger partial charge is 0.368 e. The van der Waals surface area contributed by atoms with Gasteiger partial charge in [0.2, 0.25) is 5.91 Å². The number of pyridine rings is 1. The van der Waals surface area contributed by atoms with Crippen LogP contribution in [0.15, 0.2) is 42.7 Å². The van der Waals surface area contributed by atoms with Crippen LogP contribution in [0.1, 0.15) is 24.2 Å². The smallest absolute Gasteiger partial charge is 0.254 e. The van der Waals surface area contributed by atoms with Gasteiger partial charge in [0.25, 0.3) is 5.91 Å². The Morgan fingerprint density at radius 1 is 1.16 bits per heavy atom. The first-order valence-corrected chi connectivity index (χ1v) is 7.96. The maximum Gasteiger partial charge on any atom is 0.254 e. The molecule has 0 bridgehead atoms. The number of nitrogens with one attached hydrogen (secondary N) is 2. The number of aromatic nitrogens is 3. The fourth-order valence-electron chi connectivity index (χ4n) is 2.65. The van der Waals surface area contributed by atoms with Crippen molar-refractivity contribution in [2.75, 3.05) is 0 Å². The summed E-state index contributed by atoms with van der Waals surface area (Å²) in [7, 11) is 0. The second-order valence-corrected chi connectivity index (χ2v) is 6.12. The van der Waals surface area contributed by atoms with Gasteiger partial charge >= 0.3 is 0 Å². The van der Waals surface area contributed by atoms with Crippen LogP contribution >= 0.6 is 0 Å². The first-order chi connectivity index (χ1) is 12.0. The van der Waals surface area contributed by atoms with Gasteiger partial charge in [0.15, 0.2) is 0 Å². The van der Waals surface area contributed by atoms with Crippen LogP contribution in [0.3, 0.4) is 0 Å².